The van der Waals surface area contributed by atoms with Crippen molar-refractivity contribution in [3.63, 3.8) is 0 Å². The van der Waals surface area contributed by atoms with Crippen LogP contribution in [0.1, 0.15) is 11.4 Å². The molecule has 0 bridgehead atoms. The molecule has 0 aliphatic heterocycles. The van der Waals surface area contributed by atoms with E-state index in [4.69, 9.17) is 16.3 Å². The molecule has 1 N–H and O–H groups in total. The first-order valence-corrected chi connectivity index (χ1v) is 10.0. The van der Waals surface area contributed by atoms with Gasteiger partial charge in [-0.15, -0.1) is 0 Å². The number of fused-ring (bicyclic) bond motifs is 2. The van der Waals surface area contributed by atoms with Gasteiger partial charge in [0.1, 0.15) is 28.9 Å². The maximum absolute atomic E-state index is 13.3. The molecule has 0 spiro atoms. The number of hydrogen-bond acceptors (Lipinski definition) is 5. The van der Waals surface area contributed by atoms with Crippen molar-refractivity contribution in [1.29, 1.82) is 5.26 Å². The Hall–Kier alpha value is -4.41. The summed E-state index contributed by atoms with van der Waals surface area (Å²) in [5.74, 6) is 0.884. The first kappa shape index (κ1) is 19.5. The number of para-hydroxylation sites is 2. The Labute approximate surface area is 186 Å². The molecular weight excluding hydrogens is 426 g/mol. The molecule has 0 saturated carbocycles. The van der Waals surface area contributed by atoms with Crippen LogP contribution >= 0.6 is 11.6 Å². The van der Waals surface area contributed by atoms with E-state index in [1.165, 1.54) is 10.5 Å². The number of imidazole rings is 1. The fourth-order valence-corrected chi connectivity index (χ4v) is 3.40. The van der Waals surface area contributed by atoms with Crippen LogP contribution < -0.4 is 10.3 Å². The molecular formula is C24H14ClN5O2. The number of rotatable bonds is 4. The molecule has 154 valence electrons. The van der Waals surface area contributed by atoms with E-state index in [1.54, 1.807) is 48.7 Å². The van der Waals surface area contributed by atoms with E-state index in [0.29, 0.717) is 22.2 Å². The van der Waals surface area contributed by atoms with Gasteiger partial charge in [0.05, 0.1) is 16.6 Å². The molecule has 0 unspecified atom stereocenters. The van der Waals surface area contributed by atoms with Gasteiger partial charge in [-0.25, -0.2) is 4.98 Å². The van der Waals surface area contributed by atoms with Gasteiger partial charge in [0.2, 0.25) is 5.88 Å². The van der Waals surface area contributed by atoms with Crippen LogP contribution in [0.2, 0.25) is 5.02 Å². The molecule has 7 nitrogen and oxygen atoms in total. The highest BCUT2D eigenvalue weighted by Gasteiger charge is 2.16. The molecule has 5 aromatic rings. The summed E-state index contributed by atoms with van der Waals surface area (Å²) in [6.45, 7) is 0. The quantitative estimate of drug-likeness (QED) is 0.394. The zero-order valence-corrected chi connectivity index (χ0v) is 17.2. The van der Waals surface area contributed by atoms with E-state index in [0.717, 1.165) is 11.0 Å². The van der Waals surface area contributed by atoms with E-state index >= 15 is 0 Å². The third-order valence-corrected chi connectivity index (χ3v) is 5.07. The second-order valence-electron chi connectivity index (χ2n) is 6.89. The molecule has 0 aliphatic rings. The highest BCUT2D eigenvalue weighted by atomic mass is 35.5. The van der Waals surface area contributed by atoms with Crippen molar-refractivity contribution in [2.75, 3.05) is 0 Å². The van der Waals surface area contributed by atoms with Gasteiger partial charge < -0.3 is 9.72 Å². The largest absolute Gasteiger partial charge is 0.438 e. The zero-order valence-electron chi connectivity index (χ0n) is 16.5. The monoisotopic (exact) mass is 439 g/mol. The van der Waals surface area contributed by atoms with Gasteiger partial charge in [0.15, 0.2) is 0 Å². The molecule has 8 heteroatoms. The maximum Gasteiger partial charge on any atom is 0.269 e. The smallest absolute Gasteiger partial charge is 0.269 e. The summed E-state index contributed by atoms with van der Waals surface area (Å²) in [5.41, 5.74) is 1.85. The van der Waals surface area contributed by atoms with Crippen LogP contribution in [0.25, 0.3) is 28.3 Å². The topological polar surface area (TPSA) is 96.1 Å². The lowest BCUT2D eigenvalue weighted by molar-refractivity contribution is 0.461. The summed E-state index contributed by atoms with van der Waals surface area (Å²) in [6.07, 6.45) is 3.05. The molecule has 0 radical (unpaired) electrons. The van der Waals surface area contributed by atoms with Crippen LogP contribution in [0.5, 0.6) is 11.6 Å². The predicted octanol–water partition coefficient (Wildman–Crippen LogP) is 5.08. The van der Waals surface area contributed by atoms with Crippen molar-refractivity contribution < 1.29 is 4.74 Å². The lowest BCUT2D eigenvalue weighted by atomic mass is 10.2. The van der Waals surface area contributed by atoms with Gasteiger partial charge in [-0.05, 0) is 54.6 Å². The number of aromatic amines is 1. The van der Waals surface area contributed by atoms with E-state index in [9.17, 15) is 10.1 Å². The van der Waals surface area contributed by atoms with Crippen molar-refractivity contribution in [1.82, 2.24) is 19.4 Å². The van der Waals surface area contributed by atoms with Gasteiger partial charge in [0.25, 0.3) is 5.56 Å². The number of nitrogens with zero attached hydrogens (tertiary/aromatic N) is 4. The predicted molar refractivity (Wildman–Crippen MR) is 123 cm³/mol. The second kappa shape index (κ2) is 8.02. The Balaban J connectivity index is 1.70. The minimum Gasteiger partial charge on any atom is -0.438 e. The summed E-state index contributed by atoms with van der Waals surface area (Å²) in [4.78, 5) is 25.4. The Bertz CT molecular complexity index is 1560. The average Bonchev–Trinajstić information content (AvgIpc) is 3.24. The molecule has 0 amide bonds. The number of H-pyrrole nitrogens is 1. The van der Waals surface area contributed by atoms with Crippen molar-refractivity contribution in [2.24, 2.45) is 0 Å². The lowest BCUT2D eigenvalue weighted by Crippen LogP contribution is -2.18. The van der Waals surface area contributed by atoms with Gasteiger partial charge in [-0.2, -0.15) is 10.2 Å². The van der Waals surface area contributed by atoms with E-state index in [-0.39, 0.29) is 22.6 Å². The highest BCUT2D eigenvalue weighted by molar-refractivity contribution is 6.30. The summed E-state index contributed by atoms with van der Waals surface area (Å²) >= 11 is 5.96. The second-order valence-corrected chi connectivity index (χ2v) is 7.33. The summed E-state index contributed by atoms with van der Waals surface area (Å²) in [7, 11) is 0. The Morgan fingerprint density at radius 1 is 1.06 bits per heavy atom. The molecule has 0 fully saturated rings. The van der Waals surface area contributed by atoms with Gasteiger partial charge in [-0.1, -0.05) is 29.8 Å². The summed E-state index contributed by atoms with van der Waals surface area (Å²) in [6, 6.07) is 21.5. The van der Waals surface area contributed by atoms with E-state index < -0.39 is 0 Å². The van der Waals surface area contributed by atoms with Gasteiger partial charge >= 0.3 is 0 Å². The first-order chi connectivity index (χ1) is 15.6. The highest BCUT2D eigenvalue weighted by Crippen LogP contribution is 2.27. The minimum absolute atomic E-state index is 0.0763. The number of halogens is 1. The van der Waals surface area contributed by atoms with Gasteiger partial charge in [0, 0.05) is 11.2 Å². The number of hydrogen-bond donors (Lipinski definition) is 1. The van der Waals surface area contributed by atoms with Crippen LogP contribution in [0.4, 0.5) is 0 Å². The number of ether oxygens (including phenoxy) is 1. The zero-order chi connectivity index (χ0) is 22.1. The van der Waals surface area contributed by atoms with Crippen LogP contribution in [0.3, 0.4) is 0 Å². The van der Waals surface area contributed by atoms with Crippen LogP contribution in [0, 0.1) is 11.3 Å². The number of allylic oxidation sites excluding steroid dienone is 1. The maximum atomic E-state index is 13.3. The molecule has 2 aromatic carbocycles. The Morgan fingerprint density at radius 2 is 1.84 bits per heavy atom. The molecule has 0 atom stereocenters. The van der Waals surface area contributed by atoms with Crippen LogP contribution in [0.15, 0.2) is 77.7 Å². The van der Waals surface area contributed by atoms with E-state index in [1.807, 2.05) is 24.3 Å². The van der Waals surface area contributed by atoms with Gasteiger partial charge in [-0.3, -0.25) is 9.20 Å². The molecule has 0 saturated heterocycles. The molecule has 5 rings (SSSR count). The Kier molecular flexibility index (Phi) is 4.90. The fraction of sp³-hybridized carbons (Fsp3) is 0. The molecule has 3 aromatic heterocycles. The number of nitrogens with one attached hydrogen (secondary N) is 1. The Morgan fingerprint density at radius 3 is 2.62 bits per heavy atom. The third kappa shape index (κ3) is 3.60. The van der Waals surface area contributed by atoms with Crippen LogP contribution in [-0.2, 0) is 0 Å². The summed E-state index contributed by atoms with van der Waals surface area (Å²) in [5, 5.41) is 10.4. The average molecular weight is 440 g/mol. The van der Waals surface area contributed by atoms with Crippen LogP contribution in [-0.4, -0.2) is 19.4 Å². The van der Waals surface area contributed by atoms with Crippen molar-refractivity contribution in [2.45, 2.75) is 0 Å². The molecule has 3 heterocycles. The fourth-order valence-electron chi connectivity index (χ4n) is 3.28. The molecule has 32 heavy (non-hydrogen) atoms. The minimum atomic E-state index is -0.372. The van der Waals surface area contributed by atoms with Crippen molar-refractivity contribution >= 4 is 39.9 Å². The van der Waals surface area contributed by atoms with Crippen molar-refractivity contribution in [3.8, 4) is 17.7 Å². The SMILES string of the molecule is N#CC(=Cc1c(Oc2ccc(Cl)cc2)nc2ccccn2c1=O)c1nc2ccccc2[nH]1. The van der Waals surface area contributed by atoms with Crippen molar-refractivity contribution in [3.05, 3.63) is 99.7 Å². The number of pyridine rings is 1. The van der Waals surface area contributed by atoms with E-state index in [2.05, 4.69) is 21.0 Å². The number of nitriles is 1. The first-order valence-electron chi connectivity index (χ1n) is 9.64. The third-order valence-electron chi connectivity index (χ3n) is 4.82. The number of aromatic nitrogens is 4. The standard InChI is InChI=1S/C24H14ClN5O2/c25-16-8-10-17(11-9-16)32-23-18(24(31)30-12-4-3-7-21(30)29-23)13-15(14-26)22-27-19-5-1-2-6-20(19)28-22/h1-13H,(H,27,28). The summed E-state index contributed by atoms with van der Waals surface area (Å²) < 4.78 is 7.32. The lowest BCUT2D eigenvalue weighted by Gasteiger charge is -2.10. The normalized spacial score (nSPS) is 11.6. The molecule has 0 aliphatic carbocycles. The number of benzene rings is 2.